The second-order valence-electron chi connectivity index (χ2n) is 9.19. The molecule has 1 aliphatic heterocycles. The van der Waals surface area contributed by atoms with Crippen LogP contribution in [0, 0.1) is 5.82 Å². The Hall–Kier alpha value is -4.57. The Balaban J connectivity index is 1.23. The van der Waals surface area contributed by atoms with E-state index in [1.165, 1.54) is 12.1 Å². The molecule has 0 saturated carbocycles. The van der Waals surface area contributed by atoms with Crippen molar-refractivity contribution < 1.29 is 23.4 Å². The van der Waals surface area contributed by atoms with Gasteiger partial charge in [-0.2, -0.15) is 0 Å². The maximum Gasteiger partial charge on any atom is 0.323 e. The van der Waals surface area contributed by atoms with Crippen molar-refractivity contribution >= 4 is 34.0 Å². The second kappa shape index (κ2) is 11.4. The van der Waals surface area contributed by atoms with E-state index in [0.717, 1.165) is 31.9 Å². The first-order chi connectivity index (χ1) is 18.9. The van der Waals surface area contributed by atoms with Crippen LogP contribution in [0.5, 0.6) is 23.0 Å². The van der Waals surface area contributed by atoms with Crippen molar-refractivity contribution in [3.63, 3.8) is 0 Å². The topological polar surface area (TPSA) is 88.2 Å². The van der Waals surface area contributed by atoms with Gasteiger partial charge in [-0.15, -0.1) is 0 Å². The quantitative estimate of drug-likeness (QED) is 0.322. The predicted octanol–water partition coefficient (Wildman–Crippen LogP) is 5.58. The number of urea groups is 1. The van der Waals surface area contributed by atoms with E-state index < -0.39 is 11.8 Å². The normalized spacial score (nSPS) is 13.7. The molecular weight excluding hydrogens is 501 g/mol. The van der Waals surface area contributed by atoms with Gasteiger partial charge in [0.1, 0.15) is 17.3 Å². The third-order valence-corrected chi connectivity index (χ3v) is 6.62. The highest BCUT2D eigenvalue weighted by Crippen LogP contribution is 2.37. The van der Waals surface area contributed by atoms with Crippen LogP contribution < -0.4 is 29.7 Å². The molecule has 0 aliphatic carbocycles. The summed E-state index contributed by atoms with van der Waals surface area (Å²) in [5.74, 6) is 1.17. The van der Waals surface area contributed by atoms with Crippen molar-refractivity contribution in [1.82, 2.24) is 9.88 Å². The van der Waals surface area contributed by atoms with Gasteiger partial charge in [-0.25, -0.2) is 9.18 Å². The summed E-state index contributed by atoms with van der Waals surface area (Å²) < 4.78 is 31.6. The summed E-state index contributed by atoms with van der Waals surface area (Å²) >= 11 is 0. The van der Waals surface area contributed by atoms with Gasteiger partial charge in [0.25, 0.3) is 0 Å². The lowest BCUT2D eigenvalue weighted by molar-refractivity contribution is 0.262. The van der Waals surface area contributed by atoms with Crippen molar-refractivity contribution in [2.24, 2.45) is 0 Å². The van der Waals surface area contributed by atoms with Gasteiger partial charge >= 0.3 is 6.03 Å². The van der Waals surface area contributed by atoms with Crippen LogP contribution in [0.3, 0.4) is 0 Å². The van der Waals surface area contributed by atoms with E-state index in [9.17, 15) is 9.18 Å². The first-order valence-electron chi connectivity index (χ1n) is 12.5. The molecule has 5 rings (SSSR count). The molecule has 0 spiro atoms. The number of halogens is 1. The number of nitrogens with zero attached hydrogens (tertiary/aromatic N) is 3. The molecule has 3 aromatic carbocycles. The molecular formula is C29H30FN5O4. The van der Waals surface area contributed by atoms with Gasteiger partial charge in [0.05, 0.1) is 25.4 Å². The zero-order valence-electron chi connectivity index (χ0n) is 22.0. The van der Waals surface area contributed by atoms with Gasteiger partial charge in [0.2, 0.25) is 0 Å². The molecule has 9 nitrogen and oxygen atoms in total. The van der Waals surface area contributed by atoms with Crippen LogP contribution >= 0.6 is 0 Å². The molecule has 1 aliphatic rings. The number of aromatic nitrogens is 1. The maximum atomic E-state index is 14.9. The standard InChI is InChI=1S/C29H30FN5O4/c1-34-12-14-35(15-13-34)20-6-4-19(5-7-20)32-29(36)33-24-9-8-21(16-23(24)30)39-26-10-11-31-25-18-28(38-3)27(37-2)17-22(25)26/h4-11,16-18H,12-15H2,1-3H3,(H2,32,33,36). The molecule has 1 fully saturated rings. The molecule has 1 aromatic heterocycles. The Kier molecular flexibility index (Phi) is 7.64. The number of piperazine rings is 1. The van der Waals surface area contributed by atoms with E-state index in [-0.39, 0.29) is 11.4 Å². The summed E-state index contributed by atoms with van der Waals surface area (Å²) in [5.41, 5.74) is 2.38. The van der Waals surface area contributed by atoms with E-state index in [0.29, 0.717) is 33.8 Å². The van der Waals surface area contributed by atoms with Gasteiger partial charge in [-0.05, 0) is 55.6 Å². The van der Waals surface area contributed by atoms with E-state index in [1.807, 2.05) is 24.3 Å². The SMILES string of the molecule is COc1cc2nccc(Oc3ccc(NC(=O)Nc4ccc(N5CCN(C)CC5)cc4)c(F)c3)c2cc1OC. The van der Waals surface area contributed by atoms with Gasteiger partial charge < -0.3 is 34.6 Å². The van der Waals surface area contributed by atoms with E-state index in [1.54, 1.807) is 44.7 Å². The van der Waals surface area contributed by atoms with Crippen LogP contribution in [0.15, 0.2) is 66.9 Å². The van der Waals surface area contributed by atoms with Crippen LogP contribution in [0.1, 0.15) is 0 Å². The second-order valence-corrected chi connectivity index (χ2v) is 9.19. The monoisotopic (exact) mass is 531 g/mol. The van der Waals surface area contributed by atoms with Crippen LogP contribution in [-0.4, -0.2) is 63.4 Å². The van der Waals surface area contributed by atoms with Gasteiger partial charge in [-0.1, -0.05) is 0 Å². The number of carbonyl (C=O) groups is 1. The van der Waals surface area contributed by atoms with Crippen LogP contribution in [0.4, 0.5) is 26.2 Å². The van der Waals surface area contributed by atoms with Gasteiger partial charge in [0, 0.05) is 61.3 Å². The summed E-state index contributed by atoms with van der Waals surface area (Å²) in [5, 5.41) is 5.98. The number of amides is 2. The molecule has 2 amide bonds. The Labute approximate surface area is 226 Å². The maximum absolute atomic E-state index is 14.9. The Morgan fingerprint density at radius 1 is 0.872 bits per heavy atom. The number of methoxy groups -OCH3 is 2. The number of carbonyl (C=O) groups excluding carboxylic acids is 1. The summed E-state index contributed by atoms with van der Waals surface area (Å²) in [6.45, 7) is 3.95. The Morgan fingerprint density at radius 2 is 1.59 bits per heavy atom. The molecule has 0 unspecified atom stereocenters. The zero-order valence-corrected chi connectivity index (χ0v) is 22.0. The minimum Gasteiger partial charge on any atom is -0.493 e. The third-order valence-electron chi connectivity index (χ3n) is 6.62. The molecule has 2 heterocycles. The minimum absolute atomic E-state index is 0.0277. The largest absolute Gasteiger partial charge is 0.493 e. The number of rotatable bonds is 7. The van der Waals surface area contributed by atoms with Crippen LogP contribution in [0.2, 0.25) is 0 Å². The van der Waals surface area contributed by atoms with E-state index in [2.05, 4.69) is 32.5 Å². The molecule has 0 atom stereocenters. The highest BCUT2D eigenvalue weighted by Gasteiger charge is 2.15. The lowest BCUT2D eigenvalue weighted by Gasteiger charge is -2.34. The van der Waals surface area contributed by atoms with Crippen molar-refractivity contribution in [1.29, 1.82) is 0 Å². The highest BCUT2D eigenvalue weighted by molar-refractivity contribution is 6.00. The number of nitrogens with one attached hydrogen (secondary N) is 2. The fourth-order valence-electron chi connectivity index (χ4n) is 4.43. The number of fused-ring (bicyclic) bond motifs is 1. The average Bonchev–Trinajstić information content (AvgIpc) is 2.95. The zero-order chi connectivity index (χ0) is 27.4. The van der Waals surface area contributed by atoms with Crippen molar-refractivity contribution in [2.75, 3.05) is 63.0 Å². The first kappa shape index (κ1) is 26.1. The van der Waals surface area contributed by atoms with E-state index >= 15 is 0 Å². The lowest BCUT2D eigenvalue weighted by atomic mass is 10.2. The number of hydrogen-bond donors (Lipinski definition) is 2. The van der Waals surface area contributed by atoms with Crippen molar-refractivity contribution in [2.45, 2.75) is 0 Å². The Morgan fingerprint density at radius 3 is 2.28 bits per heavy atom. The molecule has 0 radical (unpaired) electrons. The first-order valence-corrected chi connectivity index (χ1v) is 12.5. The molecule has 2 N–H and O–H groups in total. The highest BCUT2D eigenvalue weighted by atomic mass is 19.1. The van der Waals surface area contributed by atoms with Crippen LogP contribution in [-0.2, 0) is 0 Å². The Bertz CT molecular complexity index is 1470. The lowest BCUT2D eigenvalue weighted by Crippen LogP contribution is -2.44. The number of ether oxygens (including phenoxy) is 3. The number of likely N-dealkylation sites (N-methyl/N-ethyl adjacent to an activating group) is 1. The van der Waals surface area contributed by atoms with E-state index in [4.69, 9.17) is 14.2 Å². The molecule has 202 valence electrons. The fourth-order valence-corrected chi connectivity index (χ4v) is 4.43. The third kappa shape index (κ3) is 5.96. The molecule has 39 heavy (non-hydrogen) atoms. The van der Waals surface area contributed by atoms with Gasteiger partial charge in [-0.3, -0.25) is 4.98 Å². The number of benzene rings is 3. The number of hydrogen-bond acceptors (Lipinski definition) is 7. The summed E-state index contributed by atoms with van der Waals surface area (Å²) in [7, 11) is 5.21. The summed E-state index contributed by atoms with van der Waals surface area (Å²) in [6, 6.07) is 16.5. The smallest absolute Gasteiger partial charge is 0.323 e. The fraction of sp³-hybridized carbons (Fsp3) is 0.241. The predicted molar refractivity (Wildman–Crippen MR) is 150 cm³/mol. The average molecular weight is 532 g/mol. The molecule has 0 bridgehead atoms. The van der Waals surface area contributed by atoms with Crippen LogP contribution in [0.25, 0.3) is 10.9 Å². The molecule has 4 aromatic rings. The van der Waals surface area contributed by atoms with Crippen molar-refractivity contribution in [3.05, 3.63) is 72.7 Å². The number of pyridine rings is 1. The van der Waals surface area contributed by atoms with Crippen molar-refractivity contribution in [3.8, 4) is 23.0 Å². The summed E-state index contributed by atoms with van der Waals surface area (Å²) in [6.07, 6.45) is 1.60. The van der Waals surface area contributed by atoms with Gasteiger partial charge in [0.15, 0.2) is 11.5 Å². The molecule has 1 saturated heterocycles. The molecule has 10 heteroatoms. The summed E-state index contributed by atoms with van der Waals surface area (Å²) in [4.78, 5) is 21.5. The minimum atomic E-state index is -0.634. The number of anilines is 3.